The third kappa shape index (κ3) is 2.73. The lowest BCUT2D eigenvalue weighted by atomic mass is 10.2. The summed E-state index contributed by atoms with van der Waals surface area (Å²) >= 11 is 0. The molecule has 0 aliphatic rings. The molecule has 0 aliphatic heterocycles. The number of methoxy groups -OCH3 is 1. The van der Waals surface area contributed by atoms with E-state index in [1.807, 2.05) is 18.2 Å². The molecule has 0 spiro atoms. The maximum Gasteiger partial charge on any atom is 0.169 e. The van der Waals surface area contributed by atoms with Crippen LogP contribution in [0.25, 0.3) is 0 Å². The van der Waals surface area contributed by atoms with Crippen molar-refractivity contribution in [1.82, 2.24) is 4.98 Å². The van der Waals surface area contributed by atoms with Crippen molar-refractivity contribution < 1.29 is 9.47 Å². The highest BCUT2D eigenvalue weighted by Gasteiger charge is 2.06. The fourth-order valence-electron chi connectivity index (χ4n) is 1.46. The number of benzene rings is 1. The van der Waals surface area contributed by atoms with Crippen LogP contribution in [0.5, 0.6) is 17.2 Å². The van der Waals surface area contributed by atoms with Crippen LogP contribution in [0.1, 0.15) is 5.56 Å². The minimum atomic E-state index is 0.478. The number of ether oxygens (including phenoxy) is 2. The second-order valence-corrected chi connectivity index (χ2v) is 3.47. The topological polar surface area (TPSA) is 57.4 Å². The zero-order valence-corrected chi connectivity index (χ0v) is 9.59. The molecule has 4 heteroatoms. The van der Waals surface area contributed by atoms with Gasteiger partial charge in [-0.2, -0.15) is 0 Å². The third-order valence-corrected chi connectivity index (χ3v) is 2.34. The van der Waals surface area contributed by atoms with E-state index in [1.165, 1.54) is 0 Å². The largest absolute Gasteiger partial charge is 0.493 e. The Hall–Kier alpha value is -2.07. The van der Waals surface area contributed by atoms with Gasteiger partial charge in [0.1, 0.15) is 5.75 Å². The molecule has 0 saturated heterocycles. The van der Waals surface area contributed by atoms with E-state index >= 15 is 0 Å². The van der Waals surface area contributed by atoms with Crippen LogP contribution in [-0.2, 0) is 6.54 Å². The number of rotatable bonds is 4. The van der Waals surface area contributed by atoms with Crippen molar-refractivity contribution in [2.45, 2.75) is 6.54 Å². The molecule has 0 fully saturated rings. The van der Waals surface area contributed by atoms with Crippen molar-refractivity contribution in [3.8, 4) is 17.2 Å². The molecule has 2 aromatic rings. The van der Waals surface area contributed by atoms with Crippen molar-refractivity contribution in [3.05, 3.63) is 48.3 Å². The van der Waals surface area contributed by atoms with Crippen molar-refractivity contribution in [1.29, 1.82) is 0 Å². The van der Waals surface area contributed by atoms with Crippen molar-refractivity contribution >= 4 is 0 Å². The van der Waals surface area contributed by atoms with Gasteiger partial charge in [-0.05, 0) is 29.8 Å². The first-order valence-corrected chi connectivity index (χ1v) is 5.28. The predicted octanol–water partition coefficient (Wildman–Crippen LogP) is 2.34. The SMILES string of the molecule is COc1cc(CN)ccc1Oc1ccncc1. The molecule has 2 N–H and O–H groups in total. The fraction of sp³-hybridized carbons (Fsp3) is 0.154. The van der Waals surface area contributed by atoms with Crippen LogP contribution in [0.4, 0.5) is 0 Å². The van der Waals surface area contributed by atoms with Gasteiger partial charge in [-0.3, -0.25) is 4.98 Å². The molecule has 1 aromatic carbocycles. The predicted molar refractivity (Wildman–Crippen MR) is 65.2 cm³/mol. The van der Waals surface area contributed by atoms with E-state index in [4.69, 9.17) is 15.2 Å². The normalized spacial score (nSPS) is 10.0. The van der Waals surface area contributed by atoms with E-state index in [2.05, 4.69) is 4.98 Å². The number of hydrogen-bond donors (Lipinski definition) is 1. The molecule has 0 amide bonds. The maximum absolute atomic E-state index is 5.69. The molecule has 1 aromatic heterocycles. The Balaban J connectivity index is 2.26. The molecule has 0 unspecified atom stereocenters. The summed E-state index contributed by atoms with van der Waals surface area (Å²) in [6, 6.07) is 9.21. The number of pyridine rings is 1. The zero-order valence-electron chi connectivity index (χ0n) is 9.59. The summed E-state index contributed by atoms with van der Waals surface area (Å²) in [5, 5.41) is 0. The Labute approximate surface area is 100 Å². The monoisotopic (exact) mass is 230 g/mol. The molecule has 0 atom stereocenters. The molecule has 0 aliphatic carbocycles. The van der Waals surface area contributed by atoms with Crippen LogP contribution in [0.2, 0.25) is 0 Å². The summed E-state index contributed by atoms with van der Waals surface area (Å²) in [5.41, 5.74) is 6.58. The molecule has 17 heavy (non-hydrogen) atoms. The highest BCUT2D eigenvalue weighted by atomic mass is 16.5. The fourth-order valence-corrected chi connectivity index (χ4v) is 1.46. The van der Waals surface area contributed by atoms with Gasteiger partial charge in [0.15, 0.2) is 11.5 Å². The van der Waals surface area contributed by atoms with Crippen molar-refractivity contribution in [3.63, 3.8) is 0 Å². The number of aromatic nitrogens is 1. The Morgan fingerprint density at radius 1 is 1.12 bits per heavy atom. The van der Waals surface area contributed by atoms with Crippen molar-refractivity contribution in [2.24, 2.45) is 5.73 Å². The van der Waals surface area contributed by atoms with Crippen LogP contribution in [0.15, 0.2) is 42.7 Å². The van der Waals surface area contributed by atoms with Crippen molar-refractivity contribution in [2.75, 3.05) is 7.11 Å². The molecular weight excluding hydrogens is 216 g/mol. The summed E-state index contributed by atoms with van der Waals surface area (Å²) in [5.74, 6) is 2.06. The lowest BCUT2D eigenvalue weighted by Crippen LogP contribution is -1.98. The van der Waals surface area contributed by atoms with E-state index in [-0.39, 0.29) is 0 Å². The number of nitrogens with two attached hydrogens (primary N) is 1. The highest BCUT2D eigenvalue weighted by molar-refractivity contribution is 5.45. The van der Waals surface area contributed by atoms with Gasteiger partial charge in [0, 0.05) is 18.9 Å². The summed E-state index contributed by atoms with van der Waals surface area (Å²) in [7, 11) is 1.61. The first-order chi connectivity index (χ1) is 8.33. The zero-order chi connectivity index (χ0) is 12.1. The molecule has 4 nitrogen and oxygen atoms in total. The van der Waals surface area contributed by atoms with Gasteiger partial charge in [0.05, 0.1) is 7.11 Å². The number of nitrogens with zero attached hydrogens (tertiary/aromatic N) is 1. The van der Waals surface area contributed by atoms with Gasteiger partial charge in [-0.15, -0.1) is 0 Å². The van der Waals surface area contributed by atoms with Gasteiger partial charge >= 0.3 is 0 Å². The van der Waals surface area contributed by atoms with E-state index in [1.54, 1.807) is 31.6 Å². The van der Waals surface area contributed by atoms with E-state index < -0.39 is 0 Å². The lowest BCUT2D eigenvalue weighted by Gasteiger charge is -2.11. The Kier molecular flexibility index (Phi) is 3.57. The first-order valence-electron chi connectivity index (χ1n) is 5.28. The lowest BCUT2D eigenvalue weighted by molar-refractivity contribution is 0.378. The second kappa shape index (κ2) is 5.32. The smallest absolute Gasteiger partial charge is 0.169 e. The Morgan fingerprint density at radius 2 is 1.88 bits per heavy atom. The molecule has 0 radical (unpaired) electrons. The van der Waals surface area contributed by atoms with E-state index in [0.717, 1.165) is 11.3 Å². The standard InChI is InChI=1S/C13H14N2O2/c1-16-13-8-10(9-14)2-3-12(13)17-11-4-6-15-7-5-11/h2-8H,9,14H2,1H3. The first kappa shape index (κ1) is 11.4. The van der Waals surface area contributed by atoms with Gasteiger partial charge in [-0.1, -0.05) is 6.07 Å². The summed E-state index contributed by atoms with van der Waals surface area (Å²) in [6.07, 6.45) is 3.35. The molecule has 0 bridgehead atoms. The number of hydrogen-bond acceptors (Lipinski definition) is 4. The van der Waals surface area contributed by atoms with Gasteiger partial charge in [0.2, 0.25) is 0 Å². The average Bonchev–Trinajstić information content (AvgIpc) is 2.40. The van der Waals surface area contributed by atoms with E-state index in [0.29, 0.717) is 18.0 Å². The van der Waals surface area contributed by atoms with E-state index in [9.17, 15) is 0 Å². The summed E-state index contributed by atoms with van der Waals surface area (Å²) in [4.78, 5) is 3.93. The quantitative estimate of drug-likeness (QED) is 0.875. The highest BCUT2D eigenvalue weighted by Crippen LogP contribution is 2.31. The van der Waals surface area contributed by atoms with Crippen LogP contribution in [0.3, 0.4) is 0 Å². The van der Waals surface area contributed by atoms with Crippen LogP contribution in [-0.4, -0.2) is 12.1 Å². The van der Waals surface area contributed by atoms with Gasteiger partial charge in [-0.25, -0.2) is 0 Å². The van der Waals surface area contributed by atoms with Crippen LogP contribution >= 0.6 is 0 Å². The minimum Gasteiger partial charge on any atom is -0.493 e. The summed E-state index contributed by atoms with van der Waals surface area (Å²) < 4.78 is 11.0. The second-order valence-electron chi connectivity index (χ2n) is 3.47. The Bertz CT molecular complexity index is 486. The van der Waals surface area contributed by atoms with Crippen LogP contribution < -0.4 is 15.2 Å². The molecule has 2 rings (SSSR count). The van der Waals surface area contributed by atoms with Gasteiger partial charge in [0.25, 0.3) is 0 Å². The maximum atomic E-state index is 5.69. The molecular formula is C13H14N2O2. The van der Waals surface area contributed by atoms with Crippen LogP contribution in [0, 0.1) is 0 Å². The average molecular weight is 230 g/mol. The summed E-state index contributed by atoms with van der Waals surface area (Å²) in [6.45, 7) is 0.478. The molecule has 88 valence electrons. The minimum absolute atomic E-state index is 0.478. The molecule has 1 heterocycles. The Morgan fingerprint density at radius 3 is 2.53 bits per heavy atom. The van der Waals surface area contributed by atoms with Gasteiger partial charge < -0.3 is 15.2 Å². The third-order valence-electron chi connectivity index (χ3n) is 2.34. The molecule has 0 saturated carbocycles.